The lowest BCUT2D eigenvalue weighted by Gasteiger charge is -2.37. The molecule has 1 aromatic carbocycles. The highest BCUT2D eigenvalue weighted by Gasteiger charge is 2.75. The van der Waals surface area contributed by atoms with Crippen molar-refractivity contribution in [2.75, 3.05) is 40.0 Å². The van der Waals surface area contributed by atoms with E-state index in [-0.39, 0.29) is 37.4 Å². The molecule has 2 bridgehead atoms. The summed E-state index contributed by atoms with van der Waals surface area (Å²) in [5.41, 5.74) is -0.485. The molecule has 1 aromatic rings. The van der Waals surface area contributed by atoms with Gasteiger partial charge in [0.1, 0.15) is 17.7 Å². The Hall–Kier alpha value is -3.54. The number of carbonyl (C=O) groups excluding carboxylic acids is 4. The molecule has 0 unspecified atom stereocenters. The molecule has 3 saturated heterocycles. The quantitative estimate of drug-likeness (QED) is 0.115. The van der Waals surface area contributed by atoms with E-state index in [1.807, 2.05) is 30.3 Å². The van der Waals surface area contributed by atoms with Crippen molar-refractivity contribution in [3.8, 4) is 0 Å². The molecule has 0 aliphatic carbocycles. The Kier molecular flexibility index (Phi) is 13.8. The van der Waals surface area contributed by atoms with Crippen LogP contribution in [0.1, 0.15) is 76.4 Å². The smallest absolute Gasteiger partial charge is 0.313 e. The molecule has 2 N–H and O–H groups in total. The lowest BCUT2D eigenvalue weighted by atomic mass is 9.70. The molecule has 264 valence electrons. The fourth-order valence-electron chi connectivity index (χ4n) is 7.61. The summed E-state index contributed by atoms with van der Waals surface area (Å²) in [4.78, 5) is 59.3. The van der Waals surface area contributed by atoms with Crippen LogP contribution in [-0.2, 0) is 33.4 Å². The van der Waals surface area contributed by atoms with Gasteiger partial charge in [-0.3, -0.25) is 19.2 Å². The van der Waals surface area contributed by atoms with Crippen LogP contribution in [0.15, 0.2) is 55.6 Å². The van der Waals surface area contributed by atoms with Crippen molar-refractivity contribution in [3.05, 3.63) is 61.2 Å². The van der Waals surface area contributed by atoms with E-state index in [4.69, 9.17) is 14.2 Å². The van der Waals surface area contributed by atoms with Crippen LogP contribution in [0.3, 0.4) is 0 Å². The first-order valence-corrected chi connectivity index (χ1v) is 17.4. The molecule has 7 atom stereocenters. The van der Waals surface area contributed by atoms with Crippen molar-refractivity contribution in [2.24, 2.45) is 11.8 Å². The Balaban J connectivity index is 1.66. The maximum absolute atomic E-state index is 14.4. The van der Waals surface area contributed by atoms with E-state index in [1.54, 1.807) is 22.0 Å². The Labute approximate surface area is 284 Å². The molecule has 1 spiro atoms. The first kappa shape index (κ1) is 37.3. The van der Waals surface area contributed by atoms with E-state index in [9.17, 15) is 24.3 Å². The Morgan fingerprint density at radius 2 is 1.94 bits per heavy atom. The highest BCUT2D eigenvalue weighted by atomic mass is 16.6. The van der Waals surface area contributed by atoms with Gasteiger partial charge in [-0.25, -0.2) is 0 Å². The van der Waals surface area contributed by atoms with Crippen LogP contribution < -0.4 is 5.32 Å². The zero-order chi connectivity index (χ0) is 34.7. The number of nitrogens with one attached hydrogen (secondary N) is 1. The minimum atomic E-state index is -1.15. The second-order valence-corrected chi connectivity index (χ2v) is 13.0. The number of hydrogen-bond donors (Lipinski definition) is 2. The van der Waals surface area contributed by atoms with Gasteiger partial charge < -0.3 is 34.4 Å². The SMILES string of the molecule is C=CCCC(=O)N[C@H](COC)[C@H](OC(=O)[C@@H]1[C@@H]2CC[C@]3(O2)[C@H](C(=O)N(CC=C)CCCC)N(CCCCCO)C(=O)[C@@H]13)c1ccccc1. The van der Waals surface area contributed by atoms with Gasteiger partial charge in [0.05, 0.1) is 30.6 Å². The fraction of sp³-hybridized carbons (Fsp3) is 0.622. The van der Waals surface area contributed by atoms with Gasteiger partial charge in [-0.15, -0.1) is 13.2 Å². The topological polar surface area (TPSA) is 135 Å². The average molecular weight is 668 g/mol. The average Bonchev–Trinajstić information content (AvgIpc) is 3.73. The lowest BCUT2D eigenvalue weighted by molar-refractivity contribution is -0.163. The monoisotopic (exact) mass is 667 g/mol. The van der Waals surface area contributed by atoms with Crippen molar-refractivity contribution in [2.45, 2.75) is 94.6 Å². The molecular weight excluding hydrogens is 614 g/mol. The summed E-state index contributed by atoms with van der Waals surface area (Å²) in [7, 11) is 1.51. The fourth-order valence-corrected chi connectivity index (χ4v) is 7.61. The molecule has 3 amide bonds. The highest BCUT2D eigenvalue weighted by Crippen LogP contribution is 2.59. The Bertz CT molecular complexity index is 1270. The van der Waals surface area contributed by atoms with E-state index in [1.165, 1.54) is 7.11 Å². The molecule has 3 aliphatic rings. The number of allylic oxidation sites excluding steroid dienone is 1. The number of aliphatic hydroxyl groups is 1. The third-order valence-electron chi connectivity index (χ3n) is 9.81. The van der Waals surface area contributed by atoms with Gasteiger partial charge in [0.15, 0.2) is 0 Å². The number of methoxy groups -OCH3 is 1. The third kappa shape index (κ3) is 8.01. The third-order valence-corrected chi connectivity index (χ3v) is 9.81. The predicted octanol–water partition coefficient (Wildman–Crippen LogP) is 3.72. The first-order chi connectivity index (χ1) is 23.3. The Morgan fingerprint density at radius 3 is 2.60 bits per heavy atom. The van der Waals surface area contributed by atoms with Crippen LogP contribution in [0.4, 0.5) is 0 Å². The van der Waals surface area contributed by atoms with E-state index in [0.717, 1.165) is 12.8 Å². The lowest BCUT2D eigenvalue weighted by Crippen LogP contribution is -2.56. The first-order valence-electron chi connectivity index (χ1n) is 17.4. The number of amides is 3. The highest BCUT2D eigenvalue weighted by molar-refractivity contribution is 5.98. The van der Waals surface area contributed by atoms with Gasteiger partial charge in [0.25, 0.3) is 0 Å². The zero-order valence-corrected chi connectivity index (χ0v) is 28.5. The van der Waals surface area contributed by atoms with Crippen LogP contribution in [0.25, 0.3) is 0 Å². The van der Waals surface area contributed by atoms with Gasteiger partial charge >= 0.3 is 5.97 Å². The number of benzene rings is 1. The van der Waals surface area contributed by atoms with E-state index < -0.39 is 47.7 Å². The number of ether oxygens (including phenoxy) is 3. The summed E-state index contributed by atoms with van der Waals surface area (Å²) in [5, 5.41) is 12.3. The summed E-state index contributed by atoms with van der Waals surface area (Å²) in [6, 6.07) is 7.58. The van der Waals surface area contributed by atoms with Gasteiger partial charge in [-0.2, -0.15) is 0 Å². The number of fused-ring (bicyclic) bond motifs is 1. The van der Waals surface area contributed by atoms with E-state index in [0.29, 0.717) is 63.7 Å². The largest absolute Gasteiger partial charge is 0.455 e. The standard InChI is InChI=1S/C37H53N3O8/c1-5-8-18-29(42)38-27(25-46-4)32(26-16-12-10-13-17-26)47-36(45)30-28-19-20-37(48-28)31(30)34(43)40(23-14-11-15-24-41)33(37)35(44)39(21-7-3)22-9-6-2/h5,7,10,12-13,16-17,27-28,30-33,41H,1,3,6,8-9,11,14-15,18-25H2,2,4H3,(H,38,42)/t27-,28+,30-,31-,32-,33+,37-/m1/s1. The number of esters is 1. The maximum atomic E-state index is 14.4. The van der Waals surface area contributed by atoms with Crippen molar-refractivity contribution >= 4 is 23.7 Å². The van der Waals surface area contributed by atoms with Gasteiger partial charge in [0.2, 0.25) is 17.7 Å². The van der Waals surface area contributed by atoms with Gasteiger partial charge in [-0.1, -0.05) is 55.8 Å². The van der Waals surface area contributed by atoms with Crippen LogP contribution in [0.5, 0.6) is 0 Å². The molecule has 48 heavy (non-hydrogen) atoms. The zero-order valence-electron chi connectivity index (χ0n) is 28.5. The molecule has 4 rings (SSSR count). The normalized spacial score (nSPS) is 25.3. The number of rotatable bonds is 21. The Morgan fingerprint density at radius 1 is 1.17 bits per heavy atom. The van der Waals surface area contributed by atoms with Crippen molar-refractivity contribution in [1.29, 1.82) is 0 Å². The number of nitrogens with zero attached hydrogens (tertiary/aromatic N) is 2. The number of unbranched alkanes of at least 4 members (excludes halogenated alkanes) is 3. The van der Waals surface area contributed by atoms with Gasteiger partial charge in [0, 0.05) is 39.8 Å². The van der Waals surface area contributed by atoms with Gasteiger partial charge in [-0.05, 0) is 50.5 Å². The second-order valence-electron chi connectivity index (χ2n) is 13.0. The minimum absolute atomic E-state index is 0.0487. The summed E-state index contributed by atoms with van der Waals surface area (Å²) in [6.07, 6.45) is 7.17. The summed E-state index contributed by atoms with van der Waals surface area (Å²) in [5.74, 6) is -3.10. The van der Waals surface area contributed by atoms with Crippen LogP contribution in [0.2, 0.25) is 0 Å². The van der Waals surface area contributed by atoms with Crippen LogP contribution >= 0.6 is 0 Å². The molecule has 3 aliphatic heterocycles. The molecule has 0 saturated carbocycles. The predicted molar refractivity (Wildman–Crippen MR) is 180 cm³/mol. The number of hydrogen-bond acceptors (Lipinski definition) is 8. The summed E-state index contributed by atoms with van der Waals surface area (Å²) < 4.78 is 18.4. The van der Waals surface area contributed by atoms with Crippen molar-refractivity contribution in [3.63, 3.8) is 0 Å². The maximum Gasteiger partial charge on any atom is 0.313 e. The van der Waals surface area contributed by atoms with E-state index >= 15 is 0 Å². The molecule has 3 fully saturated rings. The molecule has 11 heteroatoms. The molecular formula is C37H53N3O8. The number of likely N-dealkylation sites (tertiary alicyclic amines) is 1. The molecule has 11 nitrogen and oxygen atoms in total. The molecule has 3 heterocycles. The molecule has 0 radical (unpaired) electrons. The van der Waals surface area contributed by atoms with Crippen molar-refractivity contribution in [1.82, 2.24) is 15.1 Å². The number of aliphatic hydroxyl groups excluding tert-OH is 1. The van der Waals surface area contributed by atoms with E-state index in [2.05, 4.69) is 25.4 Å². The minimum Gasteiger partial charge on any atom is -0.455 e. The molecule has 0 aromatic heterocycles. The second kappa shape index (κ2) is 17.7. The van der Waals surface area contributed by atoms with Crippen molar-refractivity contribution < 1.29 is 38.5 Å². The number of carbonyl (C=O) groups is 4. The summed E-state index contributed by atoms with van der Waals surface area (Å²) in [6.45, 7) is 10.9. The summed E-state index contributed by atoms with van der Waals surface area (Å²) >= 11 is 0. The van der Waals surface area contributed by atoms with Crippen LogP contribution in [-0.4, -0.2) is 102 Å². The van der Waals surface area contributed by atoms with Crippen LogP contribution in [0, 0.1) is 11.8 Å².